The van der Waals surface area contributed by atoms with Crippen LogP contribution in [0.25, 0.3) is 16.6 Å². The number of halogens is 1. The van der Waals surface area contributed by atoms with Crippen LogP contribution in [0.3, 0.4) is 0 Å². The van der Waals surface area contributed by atoms with E-state index in [1.165, 1.54) is 25.0 Å². The van der Waals surface area contributed by atoms with Crippen molar-refractivity contribution in [2.45, 2.75) is 31.7 Å². The predicted octanol–water partition coefficient (Wildman–Crippen LogP) is 3.79. The third-order valence-corrected chi connectivity index (χ3v) is 5.17. The fourth-order valence-corrected chi connectivity index (χ4v) is 3.96. The van der Waals surface area contributed by atoms with Crippen molar-refractivity contribution in [2.24, 2.45) is 5.73 Å². The number of hydrogen-bond acceptors (Lipinski definition) is 3. The molecule has 4 rings (SSSR count). The summed E-state index contributed by atoms with van der Waals surface area (Å²) >= 11 is 0. The summed E-state index contributed by atoms with van der Waals surface area (Å²) in [6.07, 6.45) is 5.74. The number of fused-ring (bicyclic) bond motifs is 1. The molecule has 0 atom stereocenters. The molecule has 0 bridgehead atoms. The van der Waals surface area contributed by atoms with Crippen LogP contribution in [0, 0.1) is 5.82 Å². The Hall–Kier alpha value is -3.15. The molecule has 27 heavy (non-hydrogen) atoms. The van der Waals surface area contributed by atoms with Gasteiger partial charge in [-0.3, -0.25) is 4.79 Å². The van der Waals surface area contributed by atoms with Gasteiger partial charge in [0.2, 0.25) is 11.9 Å². The number of primary amides is 1. The fraction of sp³-hybridized carbons (Fsp3) is 0.238. The Balaban J connectivity index is 1.90. The van der Waals surface area contributed by atoms with Gasteiger partial charge in [0, 0.05) is 17.7 Å². The van der Waals surface area contributed by atoms with Gasteiger partial charge < -0.3 is 16.0 Å². The van der Waals surface area contributed by atoms with Gasteiger partial charge in [0.1, 0.15) is 5.82 Å². The Kier molecular flexibility index (Phi) is 4.39. The zero-order valence-electron chi connectivity index (χ0n) is 14.9. The van der Waals surface area contributed by atoms with Gasteiger partial charge in [-0.2, -0.15) is 0 Å². The van der Waals surface area contributed by atoms with Crippen molar-refractivity contribution >= 4 is 28.5 Å². The second kappa shape index (κ2) is 6.87. The molecule has 1 amide bonds. The van der Waals surface area contributed by atoms with Crippen LogP contribution in [0.1, 0.15) is 42.9 Å². The highest BCUT2D eigenvalue weighted by atomic mass is 19.1. The Morgan fingerprint density at radius 1 is 1.19 bits per heavy atom. The van der Waals surface area contributed by atoms with Crippen molar-refractivity contribution in [1.82, 2.24) is 9.55 Å². The van der Waals surface area contributed by atoms with E-state index in [1.54, 1.807) is 18.2 Å². The van der Waals surface area contributed by atoms with Crippen LogP contribution in [0.4, 0.5) is 10.3 Å². The van der Waals surface area contributed by atoms with E-state index in [0.717, 1.165) is 23.9 Å². The van der Waals surface area contributed by atoms with E-state index in [0.29, 0.717) is 28.7 Å². The van der Waals surface area contributed by atoms with Gasteiger partial charge in [-0.15, -0.1) is 0 Å². The number of carbonyl (C=O) groups excluding carboxylic acids is 1. The van der Waals surface area contributed by atoms with Gasteiger partial charge in [-0.1, -0.05) is 37.1 Å². The first kappa shape index (κ1) is 17.3. The molecule has 1 fully saturated rings. The van der Waals surface area contributed by atoms with Crippen LogP contribution < -0.4 is 11.5 Å². The van der Waals surface area contributed by atoms with Gasteiger partial charge in [-0.05, 0) is 42.2 Å². The minimum absolute atomic E-state index is 0.322. The number of nitrogens with zero attached hydrogens (tertiary/aromatic N) is 2. The molecule has 1 saturated carbocycles. The molecule has 138 valence electrons. The minimum atomic E-state index is -0.628. The zero-order chi connectivity index (χ0) is 19.0. The molecule has 2 aromatic carbocycles. The lowest BCUT2D eigenvalue weighted by atomic mass is 9.96. The fourth-order valence-electron chi connectivity index (χ4n) is 3.96. The Bertz CT molecular complexity index is 1050. The van der Waals surface area contributed by atoms with E-state index >= 15 is 0 Å². The number of nitrogens with two attached hydrogens (primary N) is 2. The monoisotopic (exact) mass is 364 g/mol. The van der Waals surface area contributed by atoms with E-state index in [2.05, 4.69) is 9.55 Å². The van der Waals surface area contributed by atoms with E-state index in [1.807, 2.05) is 18.2 Å². The summed E-state index contributed by atoms with van der Waals surface area (Å²) in [5, 5.41) is 0. The molecule has 1 aliphatic rings. The first-order valence-electron chi connectivity index (χ1n) is 9.08. The Labute approximate surface area is 156 Å². The average molecular weight is 364 g/mol. The number of carbonyl (C=O) groups is 1. The van der Waals surface area contributed by atoms with E-state index in [9.17, 15) is 9.18 Å². The van der Waals surface area contributed by atoms with E-state index < -0.39 is 11.7 Å². The highest BCUT2D eigenvalue weighted by molar-refractivity contribution is 5.99. The molecular weight excluding hydrogens is 343 g/mol. The van der Waals surface area contributed by atoms with Gasteiger partial charge >= 0.3 is 0 Å². The number of hydrogen-bond donors (Lipinski definition) is 2. The van der Waals surface area contributed by atoms with E-state index in [-0.39, 0.29) is 0 Å². The highest BCUT2D eigenvalue weighted by Gasteiger charge is 2.22. The molecule has 1 aliphatic carbocycles. The first-order valence-corrected chi connectivity index (χ1v) is 9.08. The lowest BCUT2D eigenvalue weighted by molar-refractivity contribution is -0.113. The molecule has 1 aromatic heterocycles. The number of imidazole rings is 1. The number of anilines is 1. The maximum absolute atomic E-state index is 14.4. The van der Waals surface area contributed by atoms with Gasteiger partial charge in [-0.25, -0.2) is 9.37 Å². The second-order valence-corrected chi connectivity index (χ2v) is 6.92. The zero-order valence-corrected chi connectivity index (χ0v) is 14.9. The van der Waals surface area contributed by atoms with Crippen molar-refractivity contribution in [3.63, 3.8) is 0 Å². The van der Waals surface area contributed by atoms with Crippen molar-refractivity contribution in [3.8, 4) is 0 Å². The molecule has 0 saturated heterocycles. The summed E-state index contributed by atoms with van der Waals surface area (Å²) in [5.41, 5.74) is 14.7. The molecule has 0 aliphatic heterocycles. The predicted molar refractivity (Wildman–Crippen MR) is 104 cm³/mol. The molecular formula is C21H21FN4O. The maximum atomic E-state index is 14.4. The van der Waals surface area contributed by atoms with Crippen molar-refractivity contribution < 1.29 is 9.18 Å². The average Bonchev–Trinajstić information content (AvgIpc) is 3.26. The molecule has 6 heteroatoms. The van der Waals surface area contributed by atoms with Gasteiger partial charge in [0.15, 0.2) is 0 Å². The van der Waals surface area contributed by atoms with Crippen molar-refractivity contribution in [1.29, 1.82) is 0 Å². The molecule has 0 radical (unpaired) electrons. The minimum Gasteiger partial charge on any atom is -0.369 e. The SMILES string of the molecule is NC(=O)C=C(c1ccc2nc(N)n(C3CCCC3)c2c1)c1ccccc1F. The number of amides is 1. The topological polar surface area (TPSA) is 86.9 Å². The number of nitrogen functional groups attached to an aromatic ring is 1. The number of aromatic nitrogens is 2. The third kappa shape index (κ3) is 3.18. The molecule has 0 spiro atoms. The lowest BCUT2D eigenvalue weighted by Gasteiger charge is -2.15. The summed E-state index contributed by atoms with van der Waals surface area (Å²) in [5.74, 6) is -0.550. The van der Waals surface area contributed by atoms with Crippen LogP contribution in [0.15, 0.2) is 48.5 Å². The summed E-state index contributed by atoms with van der Waals surface area (Å²) in [6.45, 7) is 0. The Morgan fingerprint density at radius 3 is 2.63 bits per heavy atom. The summed E-state index contributed by atoms with van der Waals surface area (Å²) in [4.78, 5) is 16.1. The molecule has 4 N–H and O–H groups in total. The largest absolute Gasteiger partial charge is 0.369 e. The van der Waals surface area contributed by atoms with Crippen LogP contribution in [-0.2, 0) is 4.79 Å². The summed E-state index contributed by atoms with van der Waals surface area (Å²) in [7, 11) is 0. The quantitative estimate of drug-likeness (QED) is 0.691. The molecule has 1 heterocycles. The highest BCUT2D eigenvalue weighted by Crippen LogP contribution is 2.36. The van der Waals surface area contributed by atoms with Crippen molar-refractivity contribution in [3.05, 3.63) is 65.5 Å². The van der Waals surface area contributed by atoms with E-state index in [4.69, 9.17) is 11.5 Å². The first-order chi connectivity index (χ1) is 13.0. The summed E-state index contributed by atoms with van der Waals surface area (Å²) < 4.78 is 16.5. The third-order valence-electron chi connectivity index (χ3n) is 5.17. The van der Waals surface area contributed by atoms with Crippen LogP contribution in [0.5, 0.6) is 0 Å². The van der Waals surface area contributed by atoms with Gasteiger partial charge in [0.25, 0.3) is 0 Å². The van der Waals surface area contributed by atoms with Crippen LogP contribution >= 0.6 is 0 Å². The van der Waals surface area contributed by atoms with Crippen molar-refractivity contribution in [2.75, 3.05) is 5.73 Å². The maximum Gasteiger partial charge on any atom is 0.242 e. The molecule has 5 nitrogen and oxygen atoms in total. The normalized spacial score (nSPS) is 15.5. The van der Waals surface area contributed by atoms with Crippen LogP contribution in [0.2, 0.25) is 0 Å². The second-order valence-electron chi connectivity index (χ2n) is 6.92. The smallest absolute Gasteiger partial charge is 0.242 e. The molecule has 3 aromatic rings. The lowest BCUT2D eigenvalue weighted by Crippen LogP contribution is -2.09. The summed E-state index contributed by atoms with van der Waals surface area (Å²) in [6, 6.07) is 12.2. The Morgan fingerprint density at radius 2 is 1.93 bits per heavy atom. The number of benzene rings is 2. The molecule has 0 unspecified atom stereocenters. The standard InChI is InChI=1S/C21H21FN4O/c22-17-8-4-3-7-15(17)16(12-20(23)27)13-9-10-18-19(11-13)26(21(24)25-18)14-5-1-2-6-14/h3-4,7-12,14H,1-2,5-6H2,(H2,23,27)(H2,24,25). The van der Waals surface area contributed by atoms with Crippen LogP contribution in [-0.4, -0.2) is 15.5 Å². The van der Waals surface area contributed by atoms with Gasteiger partial charge in [0.05, 0.1) is 11.0 Å². The number of rotatable bonds is 4.